The Hall–Kier alpha value is -6.88. The lowest BCUT2D eigenvalue weighted by molar-refractivity contribution is -0.392. The van der Waals surface area contributed by atoms with E-state index in [0.29, 0.717) is 21.9 Å². The summed E-state index contributed by atoms with van der Waals surface area (Å²) in [5, 5.41) is 37.3. The summed E-state index contributed by atoms with van der Waals surface area (Å²) in [6.07, 6.45) is 1.52. The number of rotatable bonds is 9. The molecular formula is C41H34ClFN6O10. The molecule has 4 amide bonds. The summed E-state index contributed by atoms with van der Waals surface area (Å²) in [6, 6.07) is 17.7. The lowest BCUT2D eigenvalue weighted by Crippen LogP contribution is -2.53. The molecule has 0 radical (unpaired) electrons. The molecule has 2 saturated heterocycles. The number of methoxy groups -OCH3 is 1. The number of aromatic hydroxyl groups is 1. The van der Waals surface area contributed by atoms with E-state index < -0.39 is 85.7 Å². The number of hydrazine groups is 1. The standard InChI is InChI=1S/C41H34ClFN6O10/c1-45(2)36-31(48(55)56)16-24(17-32(36)49(57)58)46-37(51)27-14-13-26-28(34(27)39(46)53)19-30-38(52)47(44-23-10-8-22(43)9-11-23)40(54)41(30,20-4-6-21(42)7-5-20)35(26)29-18-25(59-3)12-15-33(29)50/h4-13,15-18,27-28,30,34-35,44,50H,14,19H2,1-3H3/t27-,28+,30-,34-,35+,41+/m0/s1. The molecule has 2 heterocycles. The van der Waals surface area contributed by atoms with Crippen molar-refractivity contribution >= 4 is 63.7 Å². The van der Waals surface area contributed by atoms with Crippen molar-refractivity contribution < 1.29 is 43.3 Å². The monoisotopic (exact) mass is 824 g/mol. The molecular weight excluding hydrogens is 791 g/mol. The summed E-state index contributed by atoms with van der Waals surface area (Å²) >= 11 is 6.34. The molecule has 0 spiro atoms. The van der Waals surface area contributed by atoms with E-state index in [1.807, 2.05) is 0 Å². The largest absolute Gasteiger partial charge is 0.508 e. The van der Waals surface area contributed by atoms with Gasteiger partial charge in [-0.2, -0.15) is 5.01 Å². The molecule has 18 heteroatoms. The van der Waals surface area contributed by atoms with Gasteiger partial charge in [0.25, 0.3) is 11.8 Å². The van der Waals surface area contributed by atoms with Gasteiger partial charge < -0.3 is 14.7 Å². The minimum absolute atomic E-state index is 0.0557. The van der Waals surface area contributed by atoms with E-state index in [0.717, 1.165) is 34.2 Å². The first kappa shape index (κ1) is 39.0. The number of allylic oxidation sites excluding steroid dienone is 2. The second-order valence-corrected chi connectivity index (χ2v) is 15.5. The average molecular weight is 825 g/mol. The fourth-order valence-electron chi connectivity index (χ4n) is 9.60. The second-order valence-electron chi connectivity index (χ2n) is 15.1. The van der Waals surface area contributed by atoms with E-state index in [2.05, 4.69) is 5.43 Å². The van der Waals surface area contributed by atoms with E-state index in [4.69, 9.17) is 16.3 Å². The number of nitrogens with zero attached hydrogens (tertiary/aromatic N) is 5. The van der Waals surface area contributed by atoms with Crippen LogP contribution in [0, 0.1) is 49.7 Å². The molecule has 1 saturated carbocycles. The van der Waals surface area contributed by atoms with Crippen LogP contribution in [-0.2, 0) is 24.6 Å². The van der Waals surface area contributed by atoms with Gasteiger partial charge in [0, 0.05) is 42.7 Å². The number of carbonyl (C=O) groups is 4. The van der Waals surface area contributed by atoms with Gasteiger partial charge in [0.15, 0.2) is 5.69 Å². The van der Waals surface area contributed by atoms with Crippen LogP contribution >= 0.6 is 11.6 Å². The van der Waals surface area contributed by atoms with Crippen molar-refractivity contribution in [2.45, 2.75) is 24.2 Å². The molecule has 0 aromatic heterocycles. The van der Waals surface area contributed by atoms with Crippen molar-refractivity contribution in [1.82, 2.24) is 5.01 Å². The zero-order valence-electron chi connectivity index (χ0n) is 31.5. The molecule has 0 bridgehead atoms. The van der Waals surface area contributed by atoms with Gasteiger partial charge in [-0.3, -0.25) is 44.8 Å². The van der Waals surface area contributed by atoms with Crippen molar-refractivity contribution in [3.8, 4) is 11.5 Å². The molecule has 4 aromatic carbocycles. The van der Waals surface area contributed by atoms with E-state index in [1.165, 1.54) is 56.4 Å². The van der Waals surface area contributed by atoms with Gasteiger partial charge >= 0.3 is 11.4 Å². The molecule has 6 atom stereocenters. The van der Waals surface area contributed by atoms with Crippen molar-refractivity contribution in [1.29, 1.82) is 0 Å². The summed E-state index contributed by atoms with van der Waals surface area (Å²) in [6.45, 7) is 0. The van der Waals surface area contributed by atoms with Crippen LogP contribution in [0.25, 0.3) is 0 Å². The highest BCUT2D eigenvalue weighted by Gasteiger charge is 2.70. The van der Waals surface area contributed by atoms with Crippen LogP contribution in [0.4, 0.5) is 32.8 Å². The molecule has 2 aliphatic heterocycles. The highest BCUT2D eigenvalue weighted by Crippen LogP contribution is 2.65. The zero-order chi connectivity index (χ0) is 42.2. The number of nitro benzene ring substituents is 2. The molecule has 3 fully saturated rings. The van der Waals surface area contributed by atoms with E-state index >= 15 is 4.79 Å². The van der Waals surface area contributed by atoms with E-state index in [1.54, 1.807) is 30.3 Å². The van der Waals surface area contributed by atoms with Crippen molar-refractivity contribution in [3.05, 3.63) is 133 Å². The normalized spacial score (nSPS) is 24.6. The molecule has 8 rings (SSSR count). The van der Waals surface area contributed by atoms with Gasteiger partial charge in [0.1, 0.15) is 17.3 Å². The van der Waals surface area contributed by atoms with Gasteiger partial charge in [0.05, 0.1) is 51.5 Å². The van der Waals surface area contributed by atoms with E-state index in [-0.39, 0.29) is 41.2 Å². The number of ether oxygens (including phenoxy) is 1. The predicted octanol–water partition coefficient (Wildman–Crippen LogP) is 6.27. The number of hydrogen-bond donors (Lipinski definition) is 2. The predicted molar refractivity (Wildman–Crippen MR) is 210 cm³/mol. The van der Waals surface area contributed by atoms with Crippen molar-refractivity contribution in [2.24, 2.45) is 23.7 Å². The van der Waals surface area contributed by atoms with Gasteiger partial charge in [-0.05, 0) is 78.9 Å². The Balaban J connectivity index is 1.32. The Morgan fingerprint density at radius 1 is 0.898 bits per heavy atom. The number of fused-ring (bicyclic) bond motifs is 4. The summed E-state index contributed by atoms with van der Waals surface area (Å²) in [5.41, 5.74) is 0.169. The third-order valence-corrected chi connectivity index (χ3v) is 12.2. The molecule has 2 N–H and O–H groups in total. The van der Waals surface area contributed by atoms with Crippen molar-refractivity contribution in [3.63, 3.8) is 0 Å². The maximum Gasteiger partial charge on any atom is 0.301 e. The number of phenols is 1. The number of anilines is 3. The average Bonchev–Trinajstić information content (AvgIpc) is 3.59. The molecule has 4 aliphatic rings. The summed E-state index contributed by atoms with van der Waals surface area (Å²) < 4.78 is 19.5. The Kier molecular flexibility index (Phi) is 9.37. The third-order valence-electron chi connectivity index (χ3n) is 12.0. The maximum absolute atomic E-state index is 15.3. The van der Waals surface area contributed by atoms with Crippen LogP contribution in [0.2, 0.25) is 5.02 Å². The van der Waals surface area contributed by atoms with Crippen LogP contribution in [-0.4, -0.2) is 64.8 Å². The maximum atomic E-state index is 15.3. The first-order valence-corrected chi connectivity index (χ1v) is 18.7. The highest BCUT2D eigenvalue weighted by atomic mass is 35.5. The van der Waals surface area contributed by atoms with Gasteiger partial charge in [-0.15, -0.1) is 0 Å². The number of benzene rings is 4. The summed E-state index contributed by atoms with van der Waals surface area (Å²) in [4.78, 5) is 84.1. The van der Waals surface area contributed by atoms with Gasteiger partial charge in [-0.25, -0.2) is 9.29 Å². The third kappa shape index (κ3) is 5.86. The summed E-state index contributed by atoms with van der Waals surface area (Å²) in [5.74, 6) is -9.06. The first-order valence-electron chi connectivity index (χ1n) is 18.4. The number of halogens is 2. The number of amides is 4. The SMILES string of the molecule is COc1ccc(O)c([C@H]2C3=CC[C@@H]4C(=O)N(c5cc([N+](=O)[O-])c(N(C)C)c([N+](=O)[O-])c5)C(=O)[C@@H]4[C@@H]3C[C@H]3C(=O)N(Nc4ccc(F)cc4)C(=O)[C@@]23c2ccc(Cl)cc2)c1. The van der Waals surface area contributed by atoms with Crippen LogP contribution in [0.5, 0.6) is 11.5 Å². The number of hydrogen-bond acceptors (Lipinski definition) is 12. The number of nitrogens with one attached hydrogen (secondary N) is 1. The van der Waals surface area contributed by atoms with Crippen LogP contribution in [0.3, 0.4) is 0 Å². The lowest BCUT2D eigenvalue weighted by atomic mass is 9.49. The Labute approximate surface area is 339 Å². The zero-order valence-corrected chi connectivity index (χ0v) is 32.3. The van der Waals surface area contributed by atoms with Crippen LogP contribution < -0.4 is 20.0 Å². The first-order chi connectivity index (χ1) is 28.1. The number of carbonyl (C=O) groups excluding carboxylic acids is 4. The fraction of sp³-hybridized carbons (Fsp3) is 0.268. The van der Waals surface area contributed by atoms with Crippen LogP contribution in [0.1, 0.15) is 29.9 Å². The number of nitro groups is 2. The minimum atomic E-state index is -1.80. The van der Waals surface area contributed by atoms with E-state index in [9.17, 15) is 44.1 Å². The second kappa shape index (κ2) is 14.2. The van der Waals surface area contributed by atoms with Gasteiger partial charge in [-0.1, -0.05) is 35.4 Å². The lowest BCUT2D eigenvalue weighted by Gasteiger charge is -2.50. The molecule has 16 nitrogen and oxygen atoms in total. The van der Waals surface area contributed by atoms with Gasteiger partial charge in [0.2, 0.25) is 11.8 Å². The quantitative estimate of drug-likeness (QED) is 0.0830. The number of phenolic OH excluding ortho intramolecular Hbond substituents is 1. The Morgan fingerprint density at radius 2 is 1.54 bits per heavy atom. The Morgan fingerprint density at radius 3 is 2.14 bits per heavy atom. The molecule has 4 aromatic rings. The fourth-order valence-corrected chi connectivity index (χ4v) is 9.73. The minimum Gasteiger partial charge on any atom is -0.508 e. The molecule has 2 aliphatic carbocycles. The molecule has 302 valence electrons. The highest BCUT2D eigenvalue weighted by molar-refractivity contribution is 6.30. The summed E-state index contributed by atoms with van der Waals surface area (Å²) in [7, 11) is 4.19. The topological polar surface area (TPSA) is 206 Å². The molecule has 0 unspecified atom stereocenters. The molecule has 59 heavy (non-hydrogen) atoms. The van der Waals surface area contributed by atoms with Crippen molar-refractivity contribution in [2.75, 3.05) is 36.4 Å². The Bertz CT molecular complexity index is 2500. The number of imide groups is 2. The van der Waals surface area contributed by atoms with Crippen LogP contribution in [0.15, 0.2) is 90.5 Å². The smallest absolute Gasteiger partial charge is 0.301 e.